The van der Waals surface area contributed by atoms with E-state index >= 15 is 0 Å². The Hall–Kier alpha value is -1.48. The van der Waals surface area contributed by atoms with E-state index in [1.54, 1.807) is 0 Å². The summed E-state index contributed by atoms with van der Waals surface area (Å²) < 4.78 is 0. The van der Waals surface area contributed by atoms with Gasteiger partial charge in [-0.1, -0.05) is 23.8 Å². The number of carbonyl (C=O) groups excluding carboxylic acids is 2. The summed E-state index contributed by atoms with van der Waals surface area (Å²) in [5, 5.41) is 0. The van der Waals surface area contributed by atoms with E-state index in [4.69, 9.17) is 0 Å². The normalized spacial score (nSPS) is 24.4. The van der Waals surface area contributed by atoms with Gasteiger partial charge in [0.05, 0.1) is 12.5 Å². The molecule has 0 saturated heterocycles. The number of ketones is 2. The Bertz CT molecular complexity index is 536. The standard InChI is InChI=1S/C16H19NO2/c1-11-2-3-13-10-17(7-6-12(13)8-11)15-5-4-14(18)9-16(15)19/h2-3,8,15H,4-7,9-10H2,1H3. The fraction of sp³-hybridized carbons (Fsp3) is 0.500. The fourth-order valence-corrected chi connectivity index (χ4v) is 3.22. The summed E-state index contributed by atoms with van der Waals surface area (Å²) in [5.41, 5.74) is 4.05. The molecule has 3 nitrogen and oxygen atoms in total. The highest BCUT2D eigenvalue weighted by molar-refractivity contribution is 6.03. The predicted molar refractivity (Wildman–Crippen MR) is 72.9 cm³/mol. The molecule has 19 heavy (non-hydrogen) atoms. The van der Waals surface area contributed by atoms with Gasteiger partial charge in [-0.25, -0.2) is 0 Å². The Balaban J connectivity index is 1.77. The number of aryl methyl sites for hydroxylation is 1. The van der Waals surface area contributed by atoms with Gasteiger partial charge in [0.15, 0.2) is 5.78 Å². The van der Waals surface area contributed by atoms with Gasteiger partial charge in [-0.05, 0) is 30.9 Å². The average Bonchev–Trinajstić information content (AvgIpc) is 2.38. The van der Waals surface area contributed by atoms with Crippen molar-refractivity contribution in [3.8, 4) is 0 Å². The molecule has 1 aliphatic heterocycles. The minimum Gasteiger partial charge on any atom is -0.299 e. The van der Waals surface area contributed by atoms with Crippen molar-refractivity contribution in [1.82, 2.24) is 4.90 Å². The molecule has 0 bridgehead atoms. The molecular formula is C16H19NO2. The van der Waals surface area contributed by atoms with Crippen LogP contribution in [-0.2, 0) is 22.6 Å². The highest BCUT2D eigenvalue weighted by atomic mass is 16.2. The molecule has 1 fully saturated rings. The number of hydrogen-bond donors (Lipinski definition) is 0. The molecule has 1 atom stereocenters. The molecule has 1 saturated carbocycles. The molecule has 1 aliphatic carbocycles. The summed E-state index contributed by atoms with van der Waals surface area (Å²) in [5.74, 6) is 0.223. The second-order valence-electron chi connectivity index (χ2n) is 5.73. The van der Waals surface area contributed by atoms with Crippen molar-refractivity contribution >= 4 is 11.6 Å². The first-order valence-corrected chi connectivity index (χ1v) is 7.00. The Morgan fingerprint density at radius 1 is 1.16 bits per heavy atom. The molecule has 1 heterocycles. The maximum Gasteiger partial charge on any atom is 0.157 e. The Morgan fingerprint density at radius 2 is 2.00 bits per heavy atom. The average molecular weight is 257 g/mol. The quantitative estimate of drug-likeness (QED) is 0.723. The molecular weight excluding hydrogens is 238 g/mol. The van der Waals surface area contributed by atoms with E-state index in [-0.39, 0.29) is 24.0 Å². The minimum atomic E-state index is -0.0350. The molecule has 0 spiro atoms. The molecule has 0 N–H and O–H groups in total. The first-order chi connectivity index (χ1) is 9.13. The van der Waals surface area contributed by atoms with Crippen LogP contribution in [0.5, 0.6) is 0 Å². The van der Waals surface area contributed by atoms with Crippen LogP contribution in [-0.4, -0.2) is 29.1 Å². The molecule has 0 amide bonds. The molecule has 3 rings (SSSR count). The van der Waals surface area contributed by atoms with Gasteiger partial charge in [0.1, 0.15) is 5.78 Å². The van der Waals surface area contributed by atoms with Gasteiger partial charge >= 0.3 is 0 Å². The van der Waals surface area contributed by atoms with Gasteiger partial charge in [-0.3, -0.25) is 14.5 Å². The van der Waals surface area contributed by atoms with Gasteiger partial charge in [-0.15, -0.1) is 0 Å². The zero-order valence-corrected chi connectivity index (χ0v) is 11.3. The van der Waals surface area contributed by atoms with Crippen LogP contribution < -0.4 is 0 Å². The lowest BCUT2D eigenvalue weighted by molar-refractivity contribution is -0.134. The lowest BCUT2D eigenvalue weighted by Gasteiger charge is -2.36. The van der Waals surface area contributed by atoms with E-state index in [1.807, 2.05) is 0 Å². The molecule has 2 aliphatic rings. The predicted octanol–water partition coefficient (Wildman–Crippen LogP) is 2.04. The van der Waals surface area contributed by atoms with Crippen LogP contribution in [0.1, 0.15) is 36.0 Å². The number of Topliss-reactive ketones (excluding diaryl/α,β-unsaturated/α-hetero) is 2. The second kappa shape index (κ2) is 4.89. The molecule has 0 radical (unpaired) electrons. The van der Waals surface area contributed by atoms with Gasteiger partial charge in [-0.2, -0.15) is 0 Å². The van der Waals surface area contributed by atoms with Crippen LogP contribution in [0.2, 0.25) is 0 Å². The summed E-state index contributed by atoms with van der Waals surface area (Å²) in [6.07, 6.45) is 2.42. The van der Waals surface area contributed by atoms with Crippen LogP contribution >= 0.6 is 0 Å². The molecule has 0 aromatic heterocycles. The van der Waals surface area contributed by atoms with Crippen molar-refractivity contribution in [2.45, 2.75) is 45.2 Å². The Morgan fingerprint density at radius 3 is 2.79 bits per heavy atom. The Kier molecular flexibility index (Phi) is 3.23. The number of hydrogen-bond acceptors (Lipinski definition) is 3. The zero-order valence-electron chi connectivity index (χ0n) is 11.3. The highest BCUT2D eigenvalue weighted by Gasteiger charge is 2.33. The third-order valence-electron chi connectivity index (χ3n) is 4.28. The SMILES string of the molecule is Cc1ccc2c(c1)CCN(C1CCC(=O)CC1=O)C2. The molecule has 100 valence electrons. The summed E-state index contributed by atoms with van der Waals surface area (Å²) in [4.78, 5) is 25.6. The van der Waals surface area contributed by atoms with Crippen molar-refractivity contribution in [3.63, 3.8) is 0 Å². The van der Waals surface area contributed by atoms with Crippen molar-refractivity contribution in [3.05, 3.63) is 34.9 Å². The summed E-state index contributed by atoms with van der Waals surface area (Å²) in [6.45, 7) is 3.89. The number of carbonyl (C=O) groups is 2. The molecule has 1 aromatic carbocycles. The monoisotopic (exact) mass is 257 g/mol. The molecule has 1 aromatic rings. The van der Waals surface area contributed by atoms with Crippen LogP contribution in [0.3, 0.4) is 0 Å². The smallest absolute Gasteiger partial charge is 0.157 e. The van der Waals surface area contributed by atoms with E-state index in [2.05, 4.69) is 30.0 Å². The number of rotatable bonds is 1. The minimum absolute atomic E-state index is 0.0350. The zero-order chi connectivity index (χ0) is 13.4. The molecule has 1 unspecified atom stereocenters. The second-order valence-corrected chi connectivity index (χ2v) is 5.73. The third-order valence-corrected chi connectivity index (χ3v) is 4.28. The molecule has 3 heteroatoms. The highest BCUT2D eigenvalue weighted by Crippen LogP contribution is 2.25. The maximum absolute atomic E-state index is 12.0. The van der Waals surface area contributed by atoms with E-state index < -0.39 is 0 Å². The van der Waals surface area contributed by atoms with Gasteiger partial charge in [0.2, 0.25) is 0 Å². The van der Waals surface area contributed by atoms with Crippen molar-refractivity contribution in [2.24, 2.45) is 0 Å². The van der Waals surface area contributed by atoms with Crippen molar-refractivity contribution < 1.29 is 9.59 Å². The number of nitrogens with zero attached hydrogens (tertiary/aromatic N) is 1. The number of fused-ring (bicyclic) bond motifs is 1. The van der Waals surface area contributed by atoms with E-state index in [9.17, 15) is 9.59 Å². The third kappa shape index (κ3) is 2.47. The van der Waals surface area contributed by atoms with Crippen LogP contribution in [0.15, 0.2) is 18.2 Å². The summed E-state index contributed by atoms with van der Waals surface area (Å²) >= 11 is 0. The first kappa shape index (κ1) is 12.5. The van der Waals surface area contributed by atoms with E-state index in [0.29, 0.717) is 12.8 Å². The van der Waals surface area contributed by atoms with Crippen molar-refractivity contribution in [2.75, 3.05) is 6.54 Å². The fourth-order valence-electron chi connectivity index (χ4n) is 3.22. The van der Waals surface area contributed by atoms with Gasteiger partial charge in [0, 0.05) is 19.5 Å². The van der Waals surface area contributed by atoms with Gasteiger partial charge < -0.3 is 0 Å². The van der Waals surface area contributed by atoms with Crippen LogP contribution in [0.25, 0.3) is 0 Å². The summed E-state index contributed by atoms with van der Waals surface area (Å²) in [7, 11) is 0. The number of benzene rings is 1. The van der Waals surface area contributed by atoms with E-state index in [1.165, 1.54) is 16.7 Å². The first-order valence-electron chi connectivity index (χ1n) is 7.00. The van der Waals surface area contributed by atoms with Gasteiger partial charge in [0.25, 0.3) is 0 Å². The van der Waals surface area contributed by atoms with Crippen LogP contribution in [0, 0.1) is 6.92 Å². The lowest BCUT2D eigenvalue weighted by Crippen LogP contribution is -2.46. The maximum atomic E-state index is 12.0. The summed E-state index contributed by atoms with van der Waals surface area (Å²) in [6, 6.07) is 6.52. The topological polar surface area (TPSA) is 37.4 Å². The lowest BCUT2D eigenvalue weighted by atomic mass is 9.89. The Labute approximate surface area is 113 Å². The van der Waals surface area contributed by atoms with Crippen molar-refractivity contribution in [1.29, 1.82) is 0 Å². The van der Waals surface area contributed by atoms with E-state index in [0.717, 1.165) is 19.5 Å². The van der Waals surface area contributed by atoms with Crippen LogP contribution in [0.4, 0.5) is 0 Å². The largest absolute Gasteiger partial charge is 0.299 e.